The van der Waals surface area contributed by atoms with Gasteiger partial charge in [0.2, 0.25) is 0 Å². The van der Waals surface area contributed by atoms with E-state index in [1.165, 1.54) is 4.90 Å². The largest absolute Gasteiger partial charge is 0.507 e. The van der Waals surface area contributed by atoms with Crippen molar-refractivity contribution in [3.05, 3.63) is 144 Å². The number of hydrogen-bond donors (Lipinski definition) is 1. The van der Waals surface area contributed by atoms with Crippen molar-refractivity contribution in [2.45, 2.75) is 12.6 Å². The molecule has 0 spiro atoms. The minimum absolute atomic E-state index is 0.000503. The van der Waals surface area contributed by atoms with Gasteiger partial charge in [-0.1, -0.05) is 78.9 Å². The summed E-state index contributed by atoms with van der Waals surface area (Å²) in [4.78, 5) is 32.8. The van der Waals surface area contributed by atoms with E-state index in [1.54, 1.807) is 54.7 Å². The smallest absolute Gasteiger partial charge is 0.300 e. The molecule has 6 nitrogen and oxygen atoms in total. The van der Waals surface area contributed by atoms with Crippen molar-refractivity contribution in [3.63, 3.8) is 0 Å². The number of ether oxygens (including phenoxy) is 1. The zero-order chi connectivity index (χ0) is 26.8. The predicted octanol–water partition coefficient (Wildman–Crippen LogP) is 6.44. The number of aliphatic hydroxyl groups excluding tert-OH is 1. The van der Waals surface area contributed by atoms with Crippen molar-refractivity contribution in [2.24, 2.45) is 0 Å². The second-order valence-corrected chi connectivity index (χ2v) is 9.22. The van der Waals surface area contributed by atoms with Crippen LogP contribution < -0.4 is 9.64 Å². The minimum atomic E-state index is -0.902. The molecule has 1 aromatic heterocycles. The third-order valence-corrected chi connectivity index (χ3v) is 6.82. The Morgan fingerprint density at radius 3 is 2.28 bits per heavy atom. The third-order valence-electron chi connectivity index (χ3n) is 6.82. The minimum Gasteiger partial charge on any atom is -0.507 e. The number of aromatic nitrogens is 1. The molecule has 1 saturated heterocycles. The summed E-state index contributed by atoms with van der Waals surface area (Å²) in [5.41, 5.74) is 2.49. The van der Waals surface area contributed by atoms with Crippen LogP contribution in [0.1, 0.15) is 22.9 Å². The first kappa shape index (κ1) is 24.1. The highest BCUT2D eigenvalue weighted by Gasteiger charge is 2.47. The average Bonchev–Trinajstić information content (AvgIpc) is 3.26. The fraction of sp³-hybridized carbons (Fsp3) is 0.0606. The summed E-state index contributed by atoms with van der Waals surface area (Å²) in [6.45, 7) is 0.406. The van der Waals surface area contributed by atoms with Gasteiger partial charge in [-0.25, -0.2) is 0 Å². The molecule has 39 heavy (non-hydrogen) atoms. The molecule has 1 unspecified atom stereocenters. The number of benzene rings is 4. The van der Waals surface area contributed by atoms with Crippen LogP contribution in [0.2, 0.25) is 0 Å². The number of nitrogens with zero attached hydrogens (tertiary/aromatic N) is 2. The summed E-state index contributed by atoms with van der Waals surface area (Å²) in [5.74, 6) is -1.10. The first-order valence-corrected chi connectivity index (χ1v) is 12.6. The van der Waals surface area contributed by atoms with Crippen molar-refractivity contribution in [1.82, 2.24) is 4.98 Å². The van der Waals surface area contributed by atoms with Crippen LogP contribution >= 0.6 is 0 Å². The van der Waals surface area contributed by atoms with Crippen molar-refractivity contribution in [1.29, 1.82) is 0 Å². The lowest BCUT2D eigenvalue weighted by atomic mass is 9.95. The Morgan fingerprint density at radius 1 is 0.795 bits per heavy atom. The highest BCUT2D eigenvalue weighted by Crippen LogP contribution is 2.42. The van der Waals surface area contributed by atoms with E-state index in [1.807, 2.05) is 66.7 Å². The second-order valence-electron chi connectivity index (χ2n) is 9.22. The first-order valence-electron chi connectivity index (χ1n) is 12.6. The van der Waals surface area contributed by atoms with Crippen LogP contribution in [0.4, 0.5) is 5.69 Å². The van der Waals surface area contributed by atoms with Crippen LogP contribution in [0, 0.1) is 0 Å². The highest BCUT2D eigenvalue weighted by atomic mass is 16.5. The lowest BCUT2D eigenvalue weighted by Crippen LogP contribution is -2.29. The Kier molecular flexibility index (Phi) is 6.35. The summed E-state index contributed by atoms with van der Waals surface area (Å²) in [5, 5.41) is 13.3. The van der Waals surface area contributed by atoms with Crippen LogP contribution in [0.5, 0.6) is 5.75 Å². The summed E-state index contributed by atoms with van der Waals surface area (Å²) in [6, 6.07) is 34.3. The van der Waals surface area contributed by atoms with E-state index in [0.29, 0.717) is 29.3 Å². The molecule has 6 heteroatoms. The number of pyridine rings is 1. The molecule has 0 saturated carbocycles. The lowest BCUT2D eigenvalue weighted by Gasteiger charge is -2.25. The van der Waals surface area contributed by atoms with Gasteiger partial charge in [0.05, 0.1) is 11.3 Å². The van der Waals surface area contributed by atoms with Crippen molar-refractivity contribution >= 4 is 33.9 Å². The number of hydrogen-bond acceptors (Lipinski definition) is 5. The molecule has 1 aliphatic rings. The standard InChI is InChI=1S/C33H24N2O4/c36-31(27-14-8-12-23-11-4-5-13-26(23)27)29-30(28-15-6-7-20-34-28)35(33(38)32(29)37)24-16-18-25(19-17-24)39-21-22-9-2-1-3-10-22/h1-20,30,36H,21H2/b31-29-. The average molecular weight is 513 g/mol. The Bertz CT molecular complexity index is 1690. The van der Waals surface area contributed by atoms with E-state index in [0.717, 1.165) is 16.3 Å². The third kappa shape index (κ3) is 4.53. The molecule has 1 amide bonds. The maximum atomic E-state index is 13.5. The van der Waals surface area contributed by atoms with Crippen LogP contribution in [-0.4, -0.2) is 21.8 Å². The Labute approximate surface area is 225 Å². The number of fused-ring (bicyclic) bond motifs is 1. The highest BCUT2D eigenvalue weighted by molar-refractivity contribution is 6.51. The maximum absolute atomic E-state index is 13.5. The molecule has 1 aliphatic heterocycles. The molecule has 190 valence electrons. The monoisotopic (exact) mass is 512 g/mol. The van der Waals surface area contributed by atoms with Gasteiger partial charge in [-0.2, -0.15) is 0 Å². The van der Waals surface area contributed by atoms with Gasteiger partial charge in [-0.3, -0.25) is 19.5 Å². The number of carbonyl (C=O) groups excluding carboxylic acids is 2. The van der Waals surface area contributed by atoms with Crippen LogP contribution in [0.3, 0.4) is 0 Å². The fourth-order valence-electron chi connectivity index (χ4n) is 4.94. The van der Waals surface area contributed by atoms with Gasteiger partial charge in [0.25, 0.3) is 11.7 Å². The topological polar surface area (TPSA) is 79.7 Å². The quantitative estimate of drug-likeness (QED) is 0.161. The summed E-state index contributed by atoms with van der Waals surface area (Å²) >= 11 is 0. The van der Waals surface area contributed by atoms with E-state index >= 15 is 0 Å². The molecule has 1 N–H and O–H groups in total. The molecule has 2 heterocycles. The van der Waals surface area contributed by atoms with Gasteiger partial charge in [0.1, 0.15) is 24.2 Å². The Morgan fingerprint density at radius 2 is 1.51 bits per heavy atom. The lowest BCUT2D eigenvalue weighted by molar-refractivity contribution is -0.132. The van der Waals surface area contributed by atoms with Crippen LogP contribution in [-0.2, 0) is 16.2 Å². The van der Waals surface area contributed by atoms with Gasteiger partial charge in [-0.15, -0.1) is 0 Å². The molecule has 6 rings (SSSR count). The number of rotatable bonds is 6. The summed E-state index contributed by atoms with van der Waals surface area (Å²) < 4.78 is 5.90. The molecule has 5 aromatic rings. The summed E-state index contributed by atoms with van der Waals surface area (Å²) in [6.07, 6.45) is 1.61. The van der Waals surface area contributed by atoms with E-state index in [9.17, 15) is 14.7 Å². The Balaban J connectivity index is 1.41. The number of Topliss-reactive ketones (excluding diaryl/α,β-unsaturated/α-hetero) is 1. The number of carbonyl (C=O) groups is 2. The molecule has 0 aliphatic carbocycles. The molecule has 4 aromatic carbocycles. The van der Waals surface area contributed by atoms with Crippen molar-refractivity contribution in [3.8, 4) is 5.75 Å². The Hall–Kier alpha value is -5.23. The maximum Gasteiger partial charge on any atom is 0.300 e. The number of ketones is 1. The van der Waals surface area contributed by atoms with Gasteiger partial charge >= 0.3 is 0 Å². The van der Waals surface area contributed by atoms with Gasteiger partial charge in [0.15, 0.2) is 0 Å². The molecular weight excluding hydrogens is 488 g/mol. The number of amides is 1. The van der Waals surface area contributed by atoms with Gasteiger partial charge < -0.3 is 9.84 Å². The van der Waals surface area contributed by atoms with Gasteiger partial charge in [0, 0.05) is 17.4 Å². The van der Waals surface area contributed by atoms with E-state index in [-0.39, 0.29) is 11.3 Å². The van der Waals surface area contributed by atoms with E-state index < -0.39 is 17.7 Å². The molecule has 0 radical (unpaired) electrons. The molecule has 1 fully saturated rings. The van der Waals surface area contributed by atoms with Gasteiger partial charge in [-0.05, 0) is 52.7 Å². The van der Waals surface area contributed by atoms with Crippen LogP contribution in [0.15, 0.2) is 127 Å². The van der Waals surface area contributed by atoms with Crippen molar-refractivity contribution in [2.75, 3.05) is 4.90 Å². The normalized spacial score (nSPS) is 16.5. The molecule has 1 atom stereocenters. The second kappa shape index (κ2) is 10.3. The zero-order valence-electron chi connectivity index (χ0n) is 20.9. The first-order chi connectivity index (χ1) is 19.1. The summed E-state index contributed by atoms with van der Waals surface area (Å²) in [7, 11) is 0. The molecular formula is C33H24N2O4. The number of aliphatic hydroxyl groups is 1. The molecule has 0 bridgehead atoms. The van der Waals surface area contributed by atoms with Crippen LogP contribution in [0.25, 0.3) is 16.5 Å². The van der Waals surface area contributed by atoms with E-state index in [2.05, 4.69) is 4.98 Å². The predicted molar refractivity (Wildman–Crippen MR) is 150 cm³/mol. The SMILES string of the molecule is O=C1C(=O)N(c2ccc(OCc3ccccc3)cc2)C(c2ccccn2)/C1=C(/O)c1cccc2ccccc12. The van der Waals surface area contributed by atoms with Crippen molar-refractivity contribution < 1.29 is 19.4 Å². The fourth-order valence-corrected chi connectivity index (χ4v) is 4.94. The zero-order valence-corrected chi connectivity index (χ0v) is 20.9. The number of anilines is 1. The van der Waals surface area contributed by atoms with E-state index in [4.69, 9.17) is 4.74 Å².